The van der Waals surface area contributed by atoms with Gasteiger partial charge in [0.05, 0.1) is 28.2 Å². The number of amides is 1. The zero-order valence-electron chi connectivity index (χ0n) is 25.9. The largest absolute Gasteiger partial charge is 0.335 e. The molecule has 1 atom stereocenters. The molecule has 0 spiro atoms. The molecule has 1 amide bonds. The third kappa shape index (κ3) is 6.57. The van der Waals surface area contributed by atoms with Crippen molar-refractivity contribution in [3.8, 4) is 27.5 Å². The second-order valence-electron chi connectivity index (χ2n) is 11.2. The van der Waals surface area contributed by atoms with Crippen LogP contribution in [-0.4, -0.2) is 51.0 Å². The number of allylic oxidation sites excluding steroid dienone is 1. The molecular weight excluding hydrogens is 592 g/mol. The molecule has 3 aromatic heterocycles. The molecule has 1 aliphatic rings. The average molecular weight is 630 g/mol. The van der Waals surface area contributed by atoms with E-state index >= 15 is 0 Å². The van der Waals surface area contributed by atoms with Gasteiger partial charge < -0.3 is 10.2 Å². The topological polar surface area (TPSA) is 80.1 Å². The number of hydrogen-bond acceptors (Lipinski definition) is 6. The summed E-state index contributed by atoms with van der Waals surface area (Å²) in [7, 11) is 0. The Bertz CT molecular complexity index is 1780. The predicted octanol–water partition coefficient (Wildman–Crippen LogP) is 7.11. The lowest BCUT2D eigenvalue weighted by molar-refractivity contribution is 0.0716. The normalized spacial score (nSPS) is 14.9. The van der Waals surface area contributed by atoms with E-state index in [1.54, 1.807) is 33.1 Å². The molecule has 1 fully saturated rings. The van der Waals surface area contributed by atoms with Gasteiger partial charge in [0, 0.05) is 42.8 Å². The van der Waals surface area contributed by atoms with Crippen LogP contribution in [0.15, 0.2) is 71.0 Å². The number of rotatable bonds is 9. The lowest BCUT2D eigenvalue weighted by Gasteiger charge is -2.33. The fourth-order valence-corrected chi connectivity index (χ4v) is 6.44. The quantitative estimate of drug-likeness (QED) is 0.200. The maximum atomic E-state index is 14.7. The zero-order valence-corrected chi connectivity index (χ0v) is 26.8. The van der Waals surface area contributed by atoms with Crippen molar-refractivity contribution >= 4 is 23.3 Å². The van der Waals surface area contributed by atoms with Gasteiger partial charge in [0.1, 0.15) is 10.7 Å². The number of nitrogens with one attached hydrogen (secondary N) is 1. The SMILES string of the molecule is C=C[C@H]1CN(C(=O)c2cc(-c3nc(-c4ccc(C(F)F)nc4)cs3)c(=O)n(-c3c(CC)cccc3CC)c2C=C(C)C)CCN1. The van der Waals surface area contributed by atoms with Crippen LogP contribution in [0, 0.1) is 0 Å². The smallest absolute Gasteiger partial charge is 0.280 e. The number of thiazole rings is 1. The van der Waals surface area contributed by atoms with E-state index < -0.39 is 6.43 Å². The molecule has 10 heteroatoms. The van der Waals surface area contributed by atoms with Gasteiger partial charge in [-0.3, -0.25) is 19.1 Å². The van der Waals surface area contributed by atoms with Crippen molar-refractivity contribution in [2.24, 2.45) is 0 Å². The maximum absolute atomic E-state index is 14.7. The van der Waals surface area contributed by atoms with Crippen LogP contribution in [0.5, 0.6) is 0 Å². The summed E-state index contributed by atoms with van der Waals surface area (Å²) in [4.78, 5) is 39.5. The van der Waals surface area contributed by atoms with E-state index in [4.69, 9.17) is 4.98 Å². The molecule has 0 bridgehead atoms. The summed E-state index contributed by atoms with van der Waals surface area (Å²) in [5, 5.41) is 5.56. The summed E-state index contributed by atoms with van der Waals surface area (Å²) in [6.45, 7) is 13.5. The van der Waals surface area contributed by atoms with E-state index in [0.29, 0.717) is 65.6 Å². The van der Waals surface area contributed by atoms with E-state index in [1.807, 2.05) is 38.1 Å². The van der Waals surface area contributed by atoms with Gasteiger partial charge in [0.25, 0.3) is 17.9 Å². The van der Waals surface area contributed by atoms with Crippen LogP contribution >= 0.6 is 11.3 Å². The molecule has 0 unspecified atom stereocenters. The first-order chi connectivity index (χ1) is 21.7. The molecule has 4 aromatic rings. The molecule has 4 heterocycles. The Kier molecular flexibility index (Phi) is 9.84. The van der Waals surface area contributed by atoms with Crippen molar-refractivity contribution < 1.29 is 13.6 Å². The Balaban J connectivity index is 1.78. The molecule has 0 saturated carbocycles. The highest BCUT2D eigenvalue weighted by molar-refractivity contribution is 7.13. The average Bonchev–Trinajstić information content (AvgIpc) is 3.54. The number of pyridine rings is 2. The Morgan fingerprint density at radius 3 is 2.51 bits per heavy atom. The van der Waals surface area contributed by atoms with Gasteiger partial charge in [0.15, 0.2) is 0 Å². The van der Waals surface area contributed by atoms with E-state index in [-0.39, 0.29) is 23.2 Å². The molecule has 1 saturated heterocycles. The predicted molar refractivity (Wildman–Crippen MR) is 177 cm³/mol. The third-order valence-electron chi connectivity index (χ3n) is 7.90. The Hall–Kier alpha value is -4.28. The van der Waals surface area contributed by atoms with Crippen molar-refractivity contribution in [2.75, 3.05) is 19.6 Å². The molecule has 0 aliphatic carbocycles. The number of benzene rings is 1. The van der Waals surface area contributed by atoms with Gasteiger partial charge in [-0.05, 0) is 62.1 Å². The second-order valence-corrected chi connectivity index (χ2v) is 12.1. The van der Waals surface area contributed by atoms with Crippen molar-refractivity contribution in [1.82, 2.24) is 24.8 Å². The minimum atomic E-state index is -2.67. The van der Waals surface area contributed by atoms with Crippen LogP contribution < -0.4 is 10.9 Å². The lowest BCUT2D eigenvalue weighted by Crippen LogP contribution is -2.52. The number of halogens is 2. The minimum absolute atomic E-state index is 0.0425. The van der Waals surface area contributed by atoms with Gasteiger partial charge in [-0.25, -0.2) is 13.8 Å². The number of hydrogen-bond donors (Lipinski definition) is 1. The fraction of sp³-hybridized carbons (Fsp3) is 0.314. The van der Waals surface area contributed by atoms with Gasteiger partial charge in [0.2, 0.25) is 0 Å². The van der Waals surface area contributed by atoms with Crippen LogP contribution in [0.3, 0.4) is 0 Å². The van der Waals surface area contributed by atoms with Crippen LogP contribution in [0.4, 0.5) is 8.78 Å². The molecule has 1 N–H and O–H groups in total. The third-order valence-corrected chi connectivity index (χ3v) is 8.78. The van der Waals surface area contributed by atoms with Crippen molar-refractivity contribution in [3.05, 3.63) is 105 Å². The Morgan fingerprint density at radius 1 is 1.18 bits per heavy atom. The van der Waals surface area contributed by atoms with Crippen LogP contribution in [0.1, 0.15) is 67.0 Å². The number of piperazine rings is 1. The maximum Gasteiger partial charge on any atom is 0.280 e. The number of nitrogens with zero attached hydrogens (tertiary/aromatic N) is 4. The van der Waals surface area contributed by atoms with Crippen molar-refractivity contribution in [1.29, 1.82) is 0 Å². The highest BCUT2D eigenvalue weighted by Gasteiger charge is 2.29. The minimum Gasteiger partial charge on any atom is -0.335 e. The standard InChI is InChI=1S/C35H37F2N5O2S/c1-6-22-10-9-11-23(7-2)31(22)42-30(16-21(4)5)26(34(43)41-15-14-38-25(8-3)19-41)17-27(35(42)44)33-40-29(20-45-33)24-12-13-28(32(36)37)39-18-24/h8-13,16-18,20,25,32,38H,3,6-7,14-15,19H2,1-2,4-5H3/t25-/m0/s1. The number of aromatic nitrogens is 3. The summed E-state index contributed by atoms with van der Waals surface area (Å²) < 4.78 is 27.9. The van der Waals surface area contributed by atoms with E-state index in [2.05, 4.69) is 30.7 Å². The van der Waals surface area contributed by atoms with Gasteiger partial charge in [-0.2, -0.15) is 0 Å². The number of para-hydroxylation sites is 1. The zero-order chi connectivity index (χ0) is 32.2. The van der Waals surface area contributed by atoms with Crippen LogP contribution in [0.25, 0.3) is 33.6 Å². The molecule has 234 valence electrons. The number of aryl methyl sites for hydroxylation is 2. The van der Waals surface area contributed by atoms with Crippen molar-refractivity contribution in [3.63, 3.8) is 0 Å². The summed E-state index contributed by atoms with van der Waals surface area (Å²) in [5.74, 6) is -0.179. The van der Waals surface area contributed by atoms with E-state index in [9.17, 15) is 18.4 Å². The Labute approximate surface area is 266 Å². The summed E-state index contributed by atoms with van der Waals surface area (Å²) in [5.41, 5.74) is 5.40. The van der Waals surface area contributed by atoms with Gasteiger partial charge in [-0.1, -0.05) is 43.7 Å². The molecule has 0 radical (unpaired) electrons. The summed E-state index contributed by atoms with van der Waals surface area (Å²) in [6.07, 6.45) is 3.78. The monoisotopic (exact) mass is 629 g/mol. The van der Waals surface area contributed by atoms with Crippen molar-refractivity contribution in [2.45, 2.75) is 53.0 Å². The molecule has 1 aliphatic heterocycles. The molecule has 7 nitrogen and oxygen atoms in total. The van der Waals surface area contributed by atoms with Gasteiger partial charge in [-0.15, -0.1) is 17.9 Å². The first-order valence-corrected chi connectivity index (χ1v) is 16.0. The Morgan fingerprint density at radius 2 is 1.91 bits per heavy atom. The first-order valence-electron chi connectivity index (χ1n) is 15.1. The number of carbonyl (C=O) groups is 1. The molecule has 1 aromatic carbocycles. The highest BCUT2D eigenvalue weighted by Crippen LogP contribution is 2.32. The van der Waals surface area contributed by atoms with Crippen LogP contribution in [-0.2, 0) is 12.8 Å². The van der Waals surface area contributed by atoms with E-state index in [0.717, 1.165) is 22.4 Å². The summed E-state index contributed by atoms with van der Waals surface area (Å²) >= 11 is 1.26. The molecular formula is C35H37F2N5O2S. The second kappa shape index (κ2) is 13.8. The summed E-state index contributed by atoms with van der Waals surface area (Å²) in [6, 6.07) is 10.5. The first kappa shape index (κ1) is 32.1. The lowest BCUT2D eigenvalue weighted by atomic mass is 9.99. The van der Waals surface area contributed by atoms with E-state index in [1.165, 1.54) is 23.6 Å². The van der Waals surface area contributed by atoms with Crippen LogP contribution in [0.2, 0.25) is 0 Å². The molecule has 5 rings (SSSR count). The highest BCUT2D eigenvalue weighted by atomic mass is 32.1. The number of carbonyl (C=O) groups excluding carboxylic acids is 1. The fourth-order valence-electron chi connectivity index (χ4n) is 5.60. The molecule has 45 heavy (non-hydrogen) atoms. The number of alkyl halides is 2. The van der Waals surface area contributed by atoms with Gasteiger partial charge >= 0.3 is 0 Å².